The molecule has 0 spiro atoms. The molecule has 0 unspecified atom stereocenters. The third kappa shape index (κ3) is 2.56. The number of hydrogen-bond acceptors (Lipinski definition) is 4. The summed E-state index contributed by atoms with van der Waals surface area (Å²) in [4.78, 5) is 3.36. The normalized spacial score (nSPS) is 11.4. The molecule has 0 aromatic carbocycles. The zero-order valence-electron chi connectivity index (χ0n) is 6.60. The first-order valence-corrected chi connectivity index (χ1v) is 3.64. The summed E-state index contributed by atoms with van der Waals surface area (Å²) in [5.41, 5.74) is 10.3. The Labute approximate surface area is 81.6 Å². The molecule has 1 rings (SSSR count). The van der Waals surface area contributed by atoms with E-state index >= 15 is 0 Å². The number of pyridine rings is 1. The number of nitrogens with zero attached hydrogens (tertiary/aromatic N) is 1. The SMILES string of the molecule is Nc1nc(N)c(OC(F)(F)F)cc1Cl. The Morgan fingerprint density at radius 1 is 1.29 bits per heavy atom. The minimum Gasteiger partial charge on any atom is -0.402 e. The molecule has 1 aromatic heterocycles. The molecular weight excluding hydrogens is 223 g/mol. The summed E-state index contributed by atoms with van der Waals surface area (Å²) in [6, 6.07) is 0.854. The van der Waals surface area contributed by atoms with E-state index in [1.54, 1.807) is 0 Å². The molecule has 1 heterocycles. The number of ether oxygens (including phenoxy) is 1. The predicted octanol–water partition coefficient (Wildman–Crippen LogP) is 1.80. The van der Waals surface area contributed by atoms with Crippen molar-refractivity contribution < 1.29 is 17.9 Å². The molecule has 0 atom stereocenters. The molecule has 0 aliphatic heterocycles. The number of nitrogen functional groups attached to an aromatic ring is 2. The van der Waals surface area contributed by atoms with Crippen LogP contribution in [-0.2, 0) is 0 Å². The Morgan fingerprint density at radius 3 is 2.36 bits per heavy atom. The third-order valence-electron chi connectivity index (χ3n) is 1.22. The van der Waals surface area contributed by atoms with Crippen LogP contribution in [0.2, 0.25) is 5.02 Å². The van der Waals surface area contributed by atoms with Gasteiger partial charge in [-0.15, -0.1) is 13.2 Å². The standard InChI is InChI=1S/C6H5ClF3N3O/c7-2-1-3(14-6(8,9)10)5(12)13-4(2)11/h1H,(H4,11,12,13). The Kier molecular flexibility index (Phi) is 2.61. The van der Waals surface area contributed by atoms with Gasteiger partial charge in [0.05, 0.1) is 5.02 Å². The smallest absolute Gasteiger partial charge is 0.402 e. The lowest BCUT2D eigenvalue weighted by atomic mass is 10.4. The summed E-state index contributed by atoms with van der Waals surface area (Å²) in [5.74, 6) is -1.29. The largest absolute Gasteiger partial charge is 0.573 e. The quantitative estimate of drug-likeness (QED) is 0.767. The van der Waals surface area contributed by atoms with Crippen molar-refractivity contribution >= 4 is 23.2 Å². The fraction of sp³-hybridized carbons (Fsp3) is 0.167. The number of nitrogens with two attached hydrogens (primary N) is 2. The molecular formula is C6H5ClF3N3O. The number of halogens is 4. The summed E-state index contributed by atoms with van der Waals surface area (Å²) >= 11 is 5.42. The summed E-state index contributed by atoms with van der Waals surface area (Å²) in [6.07, 6.45) is -4.84. The highest BCUT2D eigenvalue weighted by Gasteiger charge is 2.32. The maximum Gasteiger partial charge on any atom is 0.573 e. The predicted molar refractivity (Wildman–Crippen MR) is 44.8 cm³/mol. The lowest BCUT2D eigenvalue weighted by molar-refractivity contribution is -0.274. The third-order valence-corrected chi connectivity index (χ3v) is 1.52. The maximum absolute atomic E-state index is 11.8. The van der Waals surface area contributed by atoms with Crippen molar-refractivity contribution in [2.75, 3.05) is 11.5 Å². The molecule has 0 radical (unpaired) electrons. The van der Waals surface area contributed by atoms with Gasteiger partial charge < -0.3 is 16.2 Å². The molecule has 4 N–H and O–H groups in total. The molecule has 0 saturated carbocycles. The van der Waals surface area contributed by atoms with Crippen LogP contribution < -0.4 is 16.2 Å². The van der Waals surface area contributed by atoms with Crippen molar-refractivity contribution in [1.29, 1.82) is 0 Å². The van der Waals surface area contributed by atoms with E-state index in [9.17, 15) is 13.2 Å². The van der Waals surface area contributed by atoms with Gasteiger partial charge in [0, 0.05) is 6.07 Å². The van der Waals surface area contributed by atoms with Gasteiger partial charge in [-0.3, -0.25) is 0 Å². The number of aromatic nitrogens is 1. The fourth-order valence-electron chi connectivity index (χ4n) is 0.708. The van der Waals surface area contributed by atoms with Gasteiger partial charge in [0.25, 0.3) is 0 Å². The van der Waals surface area contributed by atoms with Crippen molar-refractivity contribution in [3.8, 4) is 5.75 Å². The van der Waals surface area contributed by atoms with Crippen LogP contribution >= 0.6 is 11.6 Å². The molecule has 0 aliphatic rings. The first-order valence-electron chi connectivity index (χ1n) is 3.27. The van der Waals surface area contributed by atoms with Crippen LogP contribution in [0.5, 0.6) is 5.75 Å². The minimum absolute atomic E-state index is 0.154. The van der Waals surface area contributed by atoms with E-state index in [2.05, 4.69) is 9.72 Å². The van der Waals surface area contributed by atoms with Crippen LogP contribution in [0.15, 0.2) is 6.07 Å². The molecule has 0 bridgehead atoms. The van der Waals surface area contributed by atoms with Gasteiger partial charge >= 0.3 is 6.36 Å². The molecule has 0 saturated heterocycles. The Bertz CT molecular complexity index is 355. The summed E-state index contributed by atoms with van der Waals surface area (Å²) < 4.78 is 38.9. The van der Waals surface area contributed by atoms with E-state index in [0.717, 1.165) is 6.07 Å². The molecule has 4 nitrogen and oxygen atoms in total. The molecule has 0 aliphatic carbocycles. The number of alkyl halides is 3. The van der Waals surface area contributed by atoms with Crippen LogP contribution in [0.4, 0.5) is 24.8 Å². The summed E-state index contributed by atoms with van der Waals surface area (Å²) in [7, 11) is 0. The topological polar surface area (TPSA) is 74.2 Å². The van der Waals surface area contributed by atoms with Crippen molar-refractivity contribution in [3.63, 3.8) is 0 Å². The van der Waals surface area contributed by atoms with Crippen LogP contribution in [0.1, 0.15) is 0 Å². The van der Waals surface area contributed by atoms with E-state index in [1.807, 2.05) is 0 Å². The van der Waals surface area contributed by atoms with Crippen LogP contribution in [0.3, 0.4) is 0 Å². The highest BCUT2D eigenvalue weighted by atomic mass is 35.5. The van der Waals surface area contributed by atoms with Gasteiger partial charge in [0.1, 0.15) is 5.82 Å². The first kappa shape index (κ1) is 10.7. The average Bonchev–Trinajstić information content (AvgIpc) is 1.97. The van der Waals surface area contributed by atoms with E-state index < -0.39 is 17.9 Å². The second kappa shape index (κ2) is 3.41. The van der Waals surface area contributed by atoms with Crippen molar-refractivity contribution in [3.05, 3.63) is 11.1 Å². The van der Waals surface area contributed by atoms with Crippen molar-refractivity contribution in [1.82, 2.24) is 4.98 Å². The van der Waals surface area contributed by atoms with Crippen molar-refractivity contribution in [2.45, 2.75) is 6.36 Å². The fourth-order valence-corrected chi connectivity index (χ4v) is 0.849. The van der Waals surface area contributed by atoms with E-state index in [1.165, 1.54) is 0 Å². The summed E-state index contributed by atoms with van der Waals surface area (Å²) in [6.45, 7) is 0. The lowest BCUT2D eigenvalue weighted by Crippen LogP contribution is -2.18. The highest BCUT2D eigenvalue weighted by molar-refractivity contribution is 6.33. The number of hydrogen-bond donors (Lipinski definition) is 2. The summed E-state index contributed by atoms with van der Waals surface area (Å²) in [5, 5.41) is -0.154. The number of anilines is 2. The van der Waals surface area contributed by atoms with Crippen molar-refractivity contribution in [2.24, 2.45) is 0 Å². The lowest BCUT2D eigenvalue weighted by Gasteiger charge is -2.11. The Morgan fingerprint density at radius 2 is 1.86 bits per heavy atom. The molecule has 14 heavy (non-hydrogen) atoms. The maximum atomic E-state index is 11.8. The first-order chi connectivity index (χ1) is 6.29. The van der Waals surface area contributed by atoms with Gasteiger partial charge in [0.15, 0.2) is 11.6 Å². The zero-order chi connectivity index (χ0) is 10.9. The Hall–Kier alpha value is -1.37. The second-order valence-electron chi connectivity index (χ2n) is 2.29. The van der Waals surface area contributed by atoms with Gasteiger partial charge in [-0.1, -0.05) is 11.6 Å². The second-order valence-corrected chi connectivity index (χ2v) is 2.69. The molecule has 8 heteroatoms. The minimum atomic E-state index is -4.84. The van der Waals surface area contributed by atoms with Crippen LogP contribution in [-0.4, -0.2) is 11.3 Å². The molecule has 1 aromatic rings. The molecule has 0 amide bonds. The van der Waals surface area contributed by atoms with Gasteiger partial charge in [0.2, 0.25) is 0 Å². The highest BCUT2D eigenvalue weighted by Crippen LogP contribution is 2.31. The van der Waals surface area contributed by atoms with E-state index in [0.29, 0.717) is 0 Å². The molecule has 0 fully saturated rings. The van der Waals surface area contributed by atoms with E-state index in [4.69, 9.17) is 23.1 Å². The number of rotatable bonds is 1. The van der Waals surface area contributed by atoms with E-state index in [-0.39, 0.29) is 10.8 Å². The zero-order valence-corrected chi connectivity index (χ0v) is 7.36. The van der Waals surface area contributed by atoms with Gasteiger partial charge in [-0.05, 0) is 0 Å². The van der Waals surface area contributed by atoms with Gasteiger partial charge in [-0.25, -0.2) is 4.98 Å². The monoisotopic (exact) mass is 227 g/mol. The Balaban J connectivity index is 3.04. The van der Waals surface area contributed by atoms with Gasteiger partial charge in [-0.2, -0.15) is 0 Å². The average molecular weight is 228 g/mol. The molecule has 78 valence electrons. The van der Waals surface area contributed by atoms with Crippen LogP contribution in [0.25, 0.3) is 0 Å². The van der Waals surface area contributed by atoms with Crippen LogP contribution in [0, 0.1) is 0 Å².